The third-order valence-corrected chi connectivity index (χ3v) is 8.55. The van der Waals surface area contributed by atoms with E-state index < -0.39 is 16.2 Å². The van der Waals surface area contributed by atoms with Crippen LogP contribution in [0.5, 0.6) is 11.5 Å². The monoisotopic (exact) mass is 704 g/mol. The number of amides is 2. The Morgan fingerprint density at radius 2 is 1.31 bits per heavy atom. The molecule has 0 atom stereocenters. The molecule has 13 nitrogen and oxygen atoms in total. The molecule has 0 radical (unpaired) electrons. The maximum absolute atomic E-state index is 11.8. The van der Waals surface area contributed by atoms with Gasteiger partial charge in [-0.15, -0.1) is 0 Å². The highest BCUT2D eigenvalue weighted by atomic mass is 32.2. The van der Waals surface area contributed by atoms with Gasteiger partial charge in [0.2, 0.25) is 0 Å². The molecular weight excluding hydrogens is 652 g/mol. The van der Waals surface area contributed by atoms with Crippen molar-refractivity contribution < 1.29 is 41.1 Å². The Bertz CT molecular complexity index is 1580. The highest BCUT2D eigenvalue weighted by molar-refractivity contribution is 7.86. The van der Waals surface area contributed by atoms with E-state index in [1.807, 2.05) is 57.2 Å². The number of hydrogen-bond acceptors (Lipinski definition) is 11. The molecule has 0 spiro atoms. The van der Waals surface area contributed by atoms with Gasteiger partial charge in [-0.2, -0.15) is 8.42 Å². The smallest absolute Gasteiger partial charge is 0.410 e. The zero-order chi connectivity index (χ0) is 34.4. The lowest BCUT2D eigenvalue weighted by atomic mass is 10.2. The van der Waals surface area contributed by atoms with Crippen molar-refractivity contribution in [1.82, 2.24) is 9.80 Å². The summed E-state index contributed by atoms with van der Waals surface area (Å²) in [5.41, 5.74) is 10.6. The molecule has 49 heavy (non-hydrogen) atoms. The molecular formula is C35H52N4O9S. The average Bonchev–Trinajstić information content (AvgIpc) is 3.67. The van der Waals surface area contributed by atoms with Gasteiger partial charge in [0.15, 0.2) is 0 Å². The van der Waals surface area contributed by atoms with Crippen molar-refractivity contribution in [2.75, 3.05) is 77.8 Å². The fraction of sp³-hybridized carbons (Fsp3) is 0.429. The number of carbonyl (C=O) groups excluding carboxylic acids is 2. The number of cyclic esters (lactones) is 2. The molecule has 0 unspecified atom stereocenters. The summed E-state index contributed by atoms with van der Waals surface area (Å²) < 4.78 is 48.3. The molecule has 2 saturated heterocycles. The zero-order valence-corrected chi connectivity index (χ0v) is 28.3. The van der Waals surface area contributed by atoms with E-state index in [2.05, 4.69) is 5.32 Å². The van der Waals surface area contributed by atoms with Gasteiger partial charge in [-0.05, 0) is 56.2 Å². The molecule has 3 aromatic carbocycles. The van der Waals surface area contributed by atoms with Crippen molar-refractivity contribution in [2.24, 2.45) is 0 Å². The standard InChI is InChI=1S/C13H18N2O3.C12H15NO5S.C8H11NO.2CH4/c1-10-3-4-11(17-2)9-12(10)14-5-6-15-7-8-18-13(15)16;1-10-2-4-11(5-3-10)19(15,16)18-9-7-13-6-8-17-12(13)14;1-6-3-4-7(10-2)5-8(6)9;;/h3-4,9,14H,5-8H2,1-2H3;2-5H,6-9H2,1H3;3-5H,9H2,1-2H3;2*1H4. The molecule has 2 aliphatic rings. The van der Waals surface area contributed by atoms with E-state index in [1.165, 1.54) is 17.0 Å². The minimum absolute atomic E-state index is 0. The van der Waals surface area contributed by atoms with E-state index in [1.54, 1.807) is 31.3 Å². The highest BCUT2D eigenvalue weighted by Crippen LogP contribution is 2.21. The number of nitrogens with zero attached hydrogens (tertiary/aromatic N) is 2. The van der Waals surface area contributed by atoms with E-state index in [-0.39, 0.29) is 39.0 Å². The van der Waals surface area contributed by atoms with E-state index in [0.29, 0.717) is 39.4 Å². The quantitative estimate of drug-likeness (QED) is 0.181. The molecule has 2 heterocycles. The van der Waals surface area contributed by atoms with Gasteiger partial charge in [0, 0.05) is 43.1 Å². The second kappa shape index (κ2) is 20.6. The maximum atomic E-state index is 11.8. The normalized spacial score (nSPS) is 13.3. The van der Waals surface area contributed by atoms with Crippen molar-refractivity contribution in [1.29, 1.82) is 0 Å². The molecule has 2 fully saturated rings. The summed E-state index contributed by atoms with van der Waals surface area (Å²) in [5, 5.41) is 3.31. The zero-order valence-electron chi connectivity index (χ0n) is 27.5. The van der Waals surface area contributed by atoms with Gasteiger partial charge < -0.3 is 39.8 Å². The van der Waals surface area contributed by atoms with Gasteiger partial charge in [0.25, 0.3) is 10.1 Å². The average molecular weight is 705 g/mol. The lowest BCUT2D eigenvalue weighted by Crippen LogP contribution is -2.29. The summed E-state index contributed by atoms with van der Waals surface area (Å²) in [6.07, 6.45) is -0.657. The van der Waals surface area contributed by atoms with Crippen LogP contribution in [0.1, 0.15) is 31.5 Å². The Kier molecular flexibility index (Phi) is 17.8. The van der Waals surface area contributed by atoms with Crippen LogP contribution in [0.2, 0.25) is 0 Å². The van der Waals surface area contributed by atoms with Gasteiger partial charge in [0.05, 0.1) is 38.8 Å². The number of nitrogen functional groups attached to an aromatic ring is 1. The molecule has 0 aromatic heterocycles. The molecule has 0 aliphatic carbocycles. The third kappa shape index (κ3) is 13.4. The number of benzene rings is 3. The molecule has 0 saturated carbocycles. The van der Waals surface area contributed by atoms with Gasteiger partial charge in [-0.1, -0.05) is 44.7 Å². The fourth-order valence-corrected chi connectivity index (χ4v) is 5.18. The Morgan fingerprint density at radius 3 is 1.82 bits per heavy atom. The molecule has 14 heteroatoms. The number of ether oxygens (including phenoxy) is 4. The van der Waals surface area contributed by atoms with Crippen LogP contribution in [0.25, 0.3) is 0 Å². The summed E-state index contributed by atoms with van der Waals surface area (Å²) >= 11 is 0. The van der Waals surface area contributed by atoms with Crippen LogP contribution in [0, 0.1) is 20.8 Å². The van der Waals surface area contributed by atoms with Crippen LogP contribution in [0.3, 0.4) is 0 Å². The Hall–Kier alpha value is -4.69. The number of anilines is 2. The number of nitrogens with one attached hydrogen (secondary N) is 1. The second-order valence-electron chi connectivity index (χ2n) is 10.6. The first-order chi connectivity index (χ1) is 22.4. The van der Waals surface area contributed by atoms with E-state index in [0.717, 1.165) is 39.6 Å². The van der Waals surface area contributed by atoms with Crippen LogP contribution < -0.4 is 20.5 Å². The highest BCUT2D eigenvalue weighted by Gasteiger charge is 2.23. The van der Waals surface area contributed by atoms with Crippen LogP contribution in [-0.2, 0) is 23.8 Å². The first kappa shape index (κ1) is 42.3. The number of hydrogen-bond donors (Lipinski definition) is 2. The van der Waals surface area contributed by atoms with Gasteiger partial charge in [-0.3, -0.25) is 4.18 Å². The number of aryl methyl sites for hydroxylation is 3. The topological polar surface area (TPSA) is 159 Å². The van der Waals surface area contributed by atoms with E-state index in [9.17, 15) is 18.0 Å². The van der Waals surface area contributed by atoms with Crippen molar-refractivity contribution >= 4 is 33.7 Å². The summed E-state index contributed by atoms with van der Waals surface area (Å²) in [6, 6.07) is 17.9. The fourth-order valence-electron chi connectivity index (χ4n) is 4.28. The molecule has 2 amide bonds. The largest absolute Gasteiger partial charge is 0.497 e. The minimum atomic E-state index is -3.77. The number of rotatable bonds is 11. The lowest BCUT2D eigenvalue weighted by Gasteiger charge is -2.15. The maximum Gasteiger partial charge on any atom is 0.410 e. The van der Waals surface area contributed by atoms with Crippen LogP contribution >= 0.6 is 0 Å². The minimum Gasteiger partial charge on any atom is -0.497 e. The van der Waals surface area contributed by atoms with Crippen LogP contribution in [0.15, 0.2) is 65.6 Å². The summed E-state index contributed by atoms with van der Waals surface area (Å²) in [6.45, 7) is 9.32. The molecule has 3 aromatic rings. The molecule has 5 rings (SSSR count). The van der Waals surface area contributed by atoms with Gasteiger partial charge in [0.1, 0.15) is 24.7 Å². The Morgan fingerprint density at radius 1 is 0.776 bits per heavy atom. The summed E-state index contributed by atoms with van der Waals surface area (Å²) in [5.74, 6) is 1.63. The number of carbonyl (C=O) groups is 2. The first-order valence-electron chi connectivity index (χ1n) is 15.0. The summed E-state index contributed by atoms with van der Waals surface area (Å²) in [7, 11) is -0.488. The van der Waals surface area contributed by atoms with E-state index in [4.69, 9.17) is 28.9 Å². The number of nitrogens with two attached hydrogens (primary N) is 1. The van der Waals surface area contributed by atoms with Crippen molar-refractivity contribution in [3.05, 3.63) is 77.4 Å². The molecule has 2 aliphatic heterocycles. The second-order valence-corrected chi connectivity index (χ2v) is 12.2. The van der Waals surface area contributed by atoms with Crippen molar-refractivity contribution in [2.45, 2.75) is 40.5 Å². The molecule has 3 N–H and O–H groups in total. The predicted molar refractivity (Wildman–Crippen MR) is 192 cm³/mol. The molecule has 0 bridgehead atoms. The Balaban J connectivity index is 0.000000376. The molecule has 272 valence electrons. The van der Waals surface area contributed by atoms with E-state index >= 15 is 0 Å². The Labute approximate surface area is 291 Å². The SMILES string of the molecule is C.C.COc1ccc(C)c(N)c1.COc1ccc(C)c(NCCN2CCOC2=O)c1.Cc1ccc(S(=O)(=O)OCCN2CCOC2=O)cc1. The van der Waals surface area contributed by atoms with Crippen molar-refractivity contribution in [3.63, 3.8) is 0 Å². The predicted octanol–water partition coefficient (Wildman–Crippen LogP) is 5.88. The third-order valence-electron chi connectivity index (χ3n) is 7.23. The summed E-state index contributed by atoms with van der Waals surface area (Å²) in [4.78, 5) is 25.6. The van der Waals surface area contributed by atoms with Crippen LogP contribution in [0.4, 0.5) is 21.0 Å². The lowest BCUT2D eigenvalue weighted by molar-refractivity contribution is 0.153. The van der Waals surface area contributed by atoms with Gasteiger partial charge in [-0.25, -0.2) is 9.59 Å². The van der Waals surface area contributed by atoms with Crippen LogP contribution in [-0.4, -0.2) is 97.2 Å². The number of methoxy groups -OCH3 is 2. The van der Waals surface area contributed by atoms with Gasteiger partial charge >= 0.3 is 12.2 Å². The first-order valence-corrected chi connectivity index (χ1v) is 16.4. The van der Waals surface area contributed by atoms with Crippen molar-refractivity contribution in [3.8, 4) is 11.5 Å².